The average Bonchev–Trinajstić information content (AvgIpc) is 3.25. The van der Waals surface area contributed by atoms with E-state index < -0.39 is 0 Å². The SMILES string of the molecule is c1ccc(-c2cnc(-c3ccc(-c4ccc5ccc6ccc(-c7cccc(-c8ccc9ccc%10cccc%11ccc8c9c%10%11)c7)nc6c5n4)cc3)cn2)cc1. The summed E-state index contributed by atoms with van der Waals surface area (Å²) >= 11 is 0. The highest BCUT2D eigenvalue weighted by Gasteiger charge is 2.14. The van der Waals surface area contributed by atoms with Gasteiger partial charge in [0, 0.05) is 33.0 Å². The molecule has 0 aliphatic rings. The molecule has 0 radical (unpaired) electrons. The van der Waals surface area contributed by atoms with Crippen LogP contribution in [-0.2, 0) is 0 Å². The van der Waals surface area contributed by atoms with Gasteiger partial charge in [-0.15, -0.1) is 0 Å². The third-order valence-corrected chi connectivity index (χ3v) is 10.7. The van der Waals surface area contributed by atoms with Crippen molar-refractivity contribution in [3.05, 3.63) is 182 Å². The van der Waals surface area contributed by atoms with Crippen molar-refractivity contribution in [1.29, 1.82) is 0 Å². The Morgan fingerprint density at radius 3 is 1.44 bits per heavy atom. The van der Waals surface area contributed by atoms with E-state index in [9.17, 15) is 0 Å². The van der Waals surface area contributed by atoms with Gasteiger partial charge in [-0.2, -0.15) is 0 Å². The number of aromatic nitrogens is 4. The van der Waals surface area contributed by atoms with Crippen molar-refractivity contribution >= 4 is 54.1 Å². The summed E-state index contributed by atoms with van der Waals surface area (Å²) in [5, 5.41) is 9.87. The number of hydrogen-bond acceptors (Lipinski definition) is 4. The molecule has 4 nitrogen and oxygen atoms in total. The van der Waals surface area contributed by atoms with E-state index in [1.807, 2.05) is 42.7 Å². The van der Waals surface area contributed by atoms with Gasteiger partial charge < -0.3 is 0 Å². The van der Waals surface area contributed by atoms with Crippen molar-refractivity contribution in [2.75, 3.05) is 0 Å². The van der Waals surface area contributed by atoms with Crippen LogP contribution in [0.1, 0.15) is 0 Å². The Balaban J connectivity index is 0.949. The Kier molecular flexibility index (Phi) is 6.82. The molecule has 250 valence electrons. The number of rotatable bonds is 5. The van der Waals surface area contributed by atoms with Crippen molar-refractivity contribution in [2.45, 2.75) is 0 Å². The van der Waals surface area contributed by atoms with Crippen LogP contribution in [0, 0.1) is 0 Å². The van der Waals surface area contributed by atoms with Crippen LogP contribution in [-0.4, -0.2) is 19.9 Å². The lowest BCUT2D eigenvalue weighted by atomic mass is 9.89. The monoisotopic (exact) mass is 686 g/mol. The minimum atomic E-state index is 0.832. The molecule has 0 saturated heterocycles. The Bertz CT molecular complexity index is 3170. The Hall–Kier alpha value is -7.30. The summed E-state index contributed by atoms with van der Waals surface area (Å²) in [5.41, 5.74) is 11.9. The molecule has 0 saturated carbocycles. The number of nitrogens with zero attached hydrogens (tertiary/aromatic N) is 4. The predicted octanol–water partition coefficient (Wildman–Crippen LogP) is 12.8. The van der Waals surface area contributed by atoms with Crippen LogP contribution in [0.2, 0.25) is 0 Å². The Morgan fingerprint density at radius 1 is 0.296 bits per heavy atom. The third-order valence-electron chi connectivity index (χ3n) is 10.7. The number of pyridine rings is 2. The van der Waals surface area contributed by atoms with Crippen LogP contribution in [0.3, 0.4) is 0 Å². The maximum Gasteiger partial charge on any atom is 0.0972 e. The van der Waals surface area contributed by atoms with Crippen molar-refractivity contribution in [2.24, 2.45) is 0 Å². The first-order valence-corrected chi connectivity index (χ1v) is 18.2. The molecule has 3 aromatic heterocycles. The van der Waals surface area contributed by atoms with Gasteiger partial charge in [0.1, 0.15) is 0 Å². The topological polar surface area (TPSA) is 51.6 Å². The molecule has 0 fully saturated rings. The molecule has 0 amide bonds. The predicted molar refractivity (Wildman–Crippen MR) is 224 cm³/mol. The molecule has 3 heterocycles. The molecular weight excluding hydrogens is 657 g/mol. The van der Waals surface area contributed by atoms with Crippen LogP contribution in [0.25, 0.3) is 110 Å². The van der Waals surface area contributed by atoms with Crippen molar-refractivity contribution in [3.8, 4) is 56.2 Å². The summed E-state index contributed by atoms with van der Waals surface area (Å²) in [7, 11) is 0. The first kappa shape index (κ1) is 30.3. The number of hydrogen-bond donors (Lipinski definition) is 0. The van der Waals surface area contributed by atoms with Crippen LogP contribution < -0.4 is 0 Å². The molecule has 0 N–H and O–H groups in total. The second kappa shape index (κ2) is 12.1. The Morgan fingerprint density at radius 2 is 0.778 bits per heavy atom. The average molecular weight is 687 g/mol. The molecule has 8 aromatic carbocycles. The van der Waals surface area contributed by atoms with Gasteiger partial charge in [-0.1, -0.05) is 152 Å². The van der Waals surface area contributed by atoms with E-state index in [0.29, 0.717) is 0 Å². The van der Waals surface area contributed by atoms with E-state index in [4.69, 9.17) is 15.0 Å². The van der Waals surface area contributed by atoms with Gasteiger partial charge >= 0.3 is 0 Å². The van der Waals surface area contributed by atoms with E-state index >= 15 is 0 Å². The number of benzene rings is 8. The fraction of sp³-hybridized carbons (Fsp3) is 0. The zero-order chi connectivity index (χ0) is 35.6. The highest BCUT2D eigenvalue weighted by molar-refractivity contribution is 6.25. The molecule has 0 unspecified atom stereocenters. The number of fused-ring (bicyclic) bond motifs is 3. The zero-order valence-electron chi connectivity index (χ0n) is 29.1. The summed E-state index contributed by atoms with van der Waals surface area (Å²) in [5.74, 6) is 0. The highest BCUT2D eigenvalue weighted by Crippen LogP contribution is 2.40. The summed E-state index contributed by atoms with van der Waals surface area (Å²) in [6, 6.07) is 60.1. The van der Waals surface area contributed by atoms with Crippen molar-refractivity contribution in [1.82, 2.24) is 19.9 Å². The minimum absolute atomic E-state index is 0.832. The quantitative estimate of drug-likeness (QED) is 0.169. The van der Waals surface area contributed by atoms with Gasteiger partial charge in [-0.3, -0.25) is 9.97 Å². The fourth-order valence-electron chi connectivity index (χ4n) is 7.97. The van der Waals surface area contributed by atoms with Crippen LogP contribution >= 0.6 is 0 Å². The largest absolute Gasteiger partial charge is 0.252 e. The van der Waals surface area contributed by atoms with Crippen LogP contribution in [0.5, 0.6) is 0 Å². The van der Waals surface area contributed by atoms with Crippen molar-refractivity contribution in [3.63, 3.8) is 0 Å². The van der Waals surface area contributed by atoms with Crippen molar-refractivity contribution < 1.29 is 0 Å². The minimum Gasteiger partial charge on any atom is -0.252 e. The first-order chi connectivity index (χ1) is 26.7. The van der Waals surface area contributed by atoms with Gasteiger partial charge in [-0.05, 0) is 61.6 Å². The van der Waals surface area contributed by atoms with Gasteiger partial charge in [0.15, 0.2) is 0 Å². The molecule has 54 heavy (non-hydrogen) atoms. The van der Waals surface area contributed by atoms with E-state index in [2.05, 4.69) is 145 Å². The lowest BCUT2D eigenvalue weighted by molar-refractivity contribution is 1.21. The second-order valence-electron chi connectivity index (χ2n) is 13.9. The summed E-state index contributed by atoms with van der Waals surface area (Å²) in [6.45, 7) is 0. The van der Waals surface area contributed by atoms with Gasteiger partial charge in [0.25, 0.3) is 0 Å². The Labute approximate surface area is 311 Å². The molecule has 11 rings (SSSR count). The van der Waals surface area contributed by atoms with Gasteiger partial charge in [-0.25, -0.2) is 9.97 Å². The molecule has 0 aliphatic carbocycles. The van der Waals surface area contributed by atoms with E-state index in [1.54, 1.807) is 0 Å². The lowest BCUT2D eigenvalue weighted by Gasteiger charge is -2.15. The molecular formula is C50H30N4. The van der Waals surface area contributed by atoms with Crippen LogP contribution in [0.15, 0.2) is 182 Å². The molecule has 0 bridgehead atoms. The zero-order valence-corrected chi connectivity index (χ0v) is 29.1. The molecule has 4 heteroatoms. The highest BCUT2D eigenvalue weighted by atomic mass is 14.8. The summed E-state index contributed by atoms with van der Waals surface area (Å²) in [6.07, 6.45) is 3.67. The maximum atomic E-state index is 5.28. The second-order valence-corrected chi connectivity index (χ2v) is 13.9. The van der Waals surface area contributed by atoms with E-state index in [-0.39, 0.29) is 0 Å². The standard InChI is InChI=1S/C50H30N4/c1-2-6-31(7-3-1)45-29-52-46(30-51-45)33-14-12-32(13-15-33)43-26-22-37-18-19-38-23-27-44(54-50(38)49(37)53-43)40-11-5-10-39(28-40)41-24-20-36-17-16-34-8-4-9-35-21-25-42(41)48(36)47(34)35/h1-30H. The fourth-order valence-corrected chi connectivity index (χ4v) is 7.97. The van der Waals surface area contributed by atoms with Crippen LogP contribution in [0.4, 0.5) is 0 Å². The molecule has 0 aliphatic heterocycles. The molecule has 0 atom stereocenters. The summed E-state index contributed by atoms with van der Waals surface area (Å²) < 4.78 is 0. The molecule has 0 spiro atoms. The summed E-state index contributed by atoms with van der Waals surface area (Å²) in [4.78, 5) is 19.8. The van der Waals surface area contributed by atoms with Gasteiger partial charge in [0.2, 0.25) is 0 Å². The molecule has 11 aromatic rings. The normalized spacial score (nSPS) is 11.7. The lowest BCUT2D eigenvalue weighted by Crippen LogP contribution is -1.92. The third kappa shape index (κ3) is 5.00. The van der Waals surface area contributed by atoms with E-state index in [0.717, 1.165) is 66.8 Å². The maximum absolute atomic E-state index is 5.28. The van der Waals surface area contributed by atoms with E-state index in [1.165, 1.54) is 43.4 Å². The van der Waals surface area contributed by atoms with Gasteiger partial charge in [0.05, 0.1) is 46.2 Å². The first-order valence-electron chi connectivity index (χ1n) is 18.2. The smallest absolute Gasteiger partial charge is 0.0972 e.